The molecule has 1 heterocycles. The summed E-state index contributed by atoms with van der Waals surface area (Å²) in [6.07, 6.45) is 5.24. The highest BCUT2D eigenvalue weighted by Crippen LogP contribution is 2.28. The van der Waals surface area contributed by atoms with Gasteiger partial charge in [0.05, 0.1) is 19.1 Å². The molecule has 0 saturated carbocycles. The highest BCUT2D eigenvalue weighted by Gasteiger charge is 2.10. The van der Waals surface area contributed by atoms with Crippen LogP contribution in [0.1, 0.15) is 10.4 Å². The number of imidazole rings is 1. The van der Waals surface area contributed by atoms with Gasteiger partial charge < -0.3 is 14.6 Å². The van der Waals surface area contributed by atoms with Crippen LogP contribution in [-0.4, -0.2) is 22.6 Å². The molecule has 23 heavy (non-hydrogen) atoms. The maximum atomic E-state index is 12.4. The largest absolute Gasteiger partial charge is 0.495 e. The lowest BCUT2D eigenvalue weighted by Gasteiger charge is -2.11. The van der Waals surface area contributed by atoms with Crippen molar-refractivity contribution in [3.05, 3.63) is 71.8 Å². The Hall–Kier alpha value is -2.79. The van der Waals surface area contributed by atoms with Crippen LogP contribution in [0.2, 0.25) is 5.02 Å². The highest BCUT2D eigenvalue weighted by atomic mass is 35.5. The van der Waals surface area contributed by atoms with Gasteiger partial charge >= 0.3 is 0 Å². The Morgan fingerprint density at radius 1 is 1.22 bits per heavy atom. The van der Waals surface area contributed by atoms with E-state index in [1.807, 2.05) is 22.9 Å². The maximum Gasteiger partial charge on any atom is 0.255 e. The minimum absolute atomic E-state index is 0.234. The molecular formula is C17H14ClN3O2. The summed E-state index contributed by atoms with van der Waals surface area (Å²) >= 11 is 5.97. The molecule has 1 amide bonds. The van der Waals surface area contributed by atoms with Crippen LogP contribution in [0.3, 0.4) is 0 Å². The number of benzene rings is 2. The predicted octanol–water partition coefficient (Wildman–Crippen LogP) is 3.79. The van der Waals surface area contributed by atoms with E-state index in [4.69, 9.17) is 16.3 Å². The number of hydrogen-bond donors (Lipinski definition) is 1. The van der Waals surface area contributed by atoms with Crippen molar-refractivity contribution in [3.63, 3.8) is 0 Å². The monoisotopic (exact) mass is 327 g/mol. The molecule has 0 aliphatic heterocycles. The Kier molecular flexibility index (Phi) is 4.30. The molecule has 0 saturated heterocycles. The molecule has 0 aliphatic rings. The van der Waals surface area contributed by atoms with Crippen LogP contribution in [0.4, 0.5) is 5.69 Å². The summed E-state index contributed by atoms with van der Waals surface area (Å²) in [7, 11) is 1.54. The lowest BCUT2D eigenvalue weighted by molar-refractivity contribution is 0.102. The molecule has 6 heteroatoms. The lowest BCUT2D eigenvalue weighted by atomic mass is 10.2. The predicted molar refractivity (Wildman–Crippen MR) is 89.5 cm³/mol. The van der Waals surface area contributed by atoms with Crippen molar-refractivity contribution < 1.29 is 9.53 Å². The Labute approximate surface area is 138 Å². The average Bonchev–Trinajstić information content (AvgIpc) is 3.10. The highest BCUT2D eigenvalue weighted by molar-refractivity contribution is 6.31. The second kappa shape index (κ2) is 6.54. The third-order valence-corrected chi connectivity index (χ3v) is 3.58. The van der Waals surface area contributed by atoms with Gasteiger partial charge in [-0.2, -0.15) is 0 Å². The molecule has 5 nitrogen and oxygen atoms in total. The topological polar surface area (TPSA) is 56.1 Å². The normalized spacial score (nSPS) is 10.3. The van der Waals surface area contributed by atoms with E-state index < -0.39 is 0 Å². The number of methoxy groups -OCH3 is 1. The van der Waals surface area contributed by atoms with E-state index in [1.165, 1.54) is 0 Å². The molecule has 116 valence electrons. The first-order valence-electron chi connectivity index (χ1n) is 6.90. The van der Waals surface area contributed by atoms with Gasteiger partial charge in [-0.3, -0.25) is 4.79 Å². The maximum absolute atomic E-state index is 12.4. The first kappa shape index (κ1) is 15.1. The number of hydrogen-bond acceptors (Lipinski definition) is 3. The van der Waals surface area contributed by atoms with Gasteiger partial charge in [-0.1, -0.05) is 11.6 Å². The number of amides is 1. The summed E-state index contributed by atoms with van der Waals surface area (Å²) in [6.45, 7) is 0. The third-order valence-electron chi connectivity index (χ3n) is 3.34. The summed E-state index contributed by atoms with van der Waals surface area (Å²) in [5.41, 5.74) is 2.00. The minimum atomic E-state index is -0.234. The Balaban J connectivity index is 1.80. The van der Waals surface area contributed by atoms with Gasteiger partial charge in [0.15, 0.2) is 0 Å². The van der Waals surface area contributed by atoms with Crippen LogP contribution >= 0.6 is 11.6 Å². The number of nitrogens with one attached hydrogen (secondary N) is 1. The van der Waals surface area contributed by atoms with Gasteiger partial charge in [0, 0.05) is 28.7 Å². The standard InChI is InChI=1S/C17H14ClN3O2/c1-23-16-7-4-13(18)10-15(16)20-17(22)12-2-5-14(6-3-12)21-9-8-19-11-21/h2-11H,1H3,(H,20,22). The van der Waals surface area contributed by atoms with Crippen LogP contribution in [0.5, 0.6) is 5.75 Å². The summed E-state index contributed by atoms with van der Waals surface area (Å²) in [5, 5.41) is 3.33. The summed E-state index contributed by atoms with van der Waals surface area (Å²) in [5.74, 6) is 0.320. The molecule has 2 aromatic carbocycles. The van der Waals surface area contributed by atoms with Crippen molar-refractivity contribution >= 4 is 23.2 Å². The second-order valence-electron chi connectivity index (χ2n) is 4.82. The average molecular weight is 328 g/mol. The number of carbonyl (C=O) groups excluding carboxylic acids is 1. The number of carbonyl (C=O) groups is 1. The summed E-state index contributed by atoms with van der Waals surface area (Å²) < 4.78 is 7.08. The van der Waals surface area contributed by atoms with Gasteiger partial charge in [-0.05, 0) is 42.5 Å². The van der Waals surface area contributed by atoms with E-state index in [-0.39, 0.29) is 5.91 Å². The van der Waals surface area contributed by atoms with Crippen molar-refractivity contribution in [1.29, 1.82) is 0 Å². The van der Waals surface area contributed by atoms with Crippen molar-refractivity contribution in [2.75, 3.05) is 12.4 Å². The number of rotatable bonds is 4. The van der Waals surface area contributed by atoms with E-state index in [1.54, 1.807) is 50.0 Å². The van der Waals surface area contributed by atoms with Crippen LogP contribution in [0.15, 0.2) is 61.2 Å². The number of ether oxygens (including phenoxy) is 1. The Morgan fingerprint density at radius 2 is 2.00 bits per heavy atom. The van der Waals surface area contributed by atoms with E-state index in [0.29, 0.717) is 22.0 Å². The third kappa shape index (κ3) is 3.35. The summed E-state index contributed by atoms with van der Waals surface area (Å²) in [6, 6.07) is 12.3. The first-order valence-corrected chi connectivity index (χ1v) is 7.28. The smallest absolute Gasteiger partial charge is 0.255 e. The quantitative estimate of drug-likeness (QED) is 0.793. The van der Waals surface area contributed by atoms with Gasteiger partial charge in [0.2, 0.25) is 0 Å². The Bertz CT molecular complexity index is 814. The zero-order valence-corrected chi connectivity index (χ0v) is 13.1. The fraction of sp³-hybridized carbons (Fsp3) is 0.0588. The van der Waals surface area contributed by atoms with Crippen LogP contribution in [0, 0.1) is 0 Å². The minimum Gasteiger partial charge on any atom is -0.495 e. The van der Waals surface area contributed by atoms with Gasteiger partial charge in [0.1, 0.15) is 5.75 Å². The SMILES string of the molecule is COc1ccc(Cl)cc1NC(=O)c1ccc(-n2ccnc2)cc1. The van der Waals surface area contributed by atoms with E-state index in [9.17, 15) is 4.79 Å². The first-order chi connectivity index (χ1) is 11.2. The molecule has 3 rings (SSSR count). The zero-order valence-electron chi connectivity index (χ0n) is 12.4. The van der Waals surface area contributed by atoms with Crippen molar-refractivity contribution in [2.45, 2.75) is 0 Å². The molecule has 1 aromatic heterocycles. The molecule has 0 fully saturated rings. The van der Waals surface area contributed by atoms with E-state index in [0.717, 1.165) is 5.69 Å². The van der Waals surface area contributed by atoms with Crippen LogP contribution < -0.4 is 10.1 Å². The fourth-order valence-corrected chi connectivity index (χ4v) is 2.34. The van der Waals surface area contributed by atoms with E-state index >= 15 is 0 Å². The number of anilines is 1. The molecule has 0 unspecified atom stereocenters. The zero-order chi connectivity index (χ0) is 16.2. The van der Waals surface area contributed by atoms with Crippen molar-refractivity contribution in [3.8, 4) is 11.4 Å². The molecule has 0 atom stereocenters. The van der Waals surface area contributed by atoms with Crippen molar-refractivity contribution in [2.24, 2.45) is 0 Å². The second-order valence-corrected chi connectivity index (χ2v) is 5.25. The van der Waals surface area contributed by atoms with Gasteiger partial charge in [-0.25, -0.2) is 4.98 Å². The lowest BCUT2D eigenvalue weighted by Crippen LogP contribution is -2.12. The molecule has 0 spiro atoms. The molecule has 0 radical (unpaired) electrons. The molecular weight excluding hydrogens is 314 g/mol. The molecule has 0 bridgehead atoms. The molecule has 3 aromatic rings. The Morgan fingerprint density at radius 3 is 2.65 bits per heavy atom. The van der Waals surface area contributed by atoms with Crippen LogP contribution in [-0.2, 0) is 0 Å². The number of nitrogens with zero attached hydrogens (tertiary/aromatic N) is 2. The molecule has 1 N–H and O–H groups in total. The van der Waals surface area contributed by atoms with Crippen LogP contribution in [0.25, 0.3) is 5.69 Å². The van der Waals surface area contributed by atoms with Crippen molar-refractivity contribution in [1.82, 2.24) is 9.55 Å². The number of aromatic nitrogens is 2. The van der Waals surface area contributed by atoms with Gasteiger partial charge in [-0.15, -0.1) is 0 Å². The fourth-order valence-electron chi connectivity index (χ4n) is 2.17. The van der Waals surface area contributed by atoms with Gasteiger partial charge in [0.25, 0.3) is 5.91 Å². The van der Waals surface area contributed by atoms with E-state index in [2.05, 4.69) is 10.3 Å². The molecule has 0 aliphatic carbocycles. The summed E-state index contributed by atoms with van der Waals surface area (Å²) in [4.78, 5) is 16.4. The number of halogens is 1.